The Labute approximate surface area is 135 Å². The summed E-state index contributed by atoms with van der Waals surface area (Å²) in [7, 11) is 0. The van der Waals surface area contributed by atoms with E-state index in [1.165, 1.54) is 5.56 Å². The van der Waals surface area contributed by atoms with Gasteiger partial charge in [0.2, 0.25) is 5.91 Å². The van der Waals surface area contributed by atoms with E-state index < -0.39 is 0 Å². The molecular weight excluding hydrogens is 315 g/mol. The van der Waals surface area contributed by atoms with Gasteiger partial charge in [0.05, 0.1) is 5.75 Å². The Balaban J connectivity index is 0.00000200. The predicted molar refractivity (Wildman–Crippen MR) is 88.9 cm³/mol. The van der Waals surface area contributed by atoms with E-state index in [4.69, 9.17) is 11.6 Å². The van der Waals surface area contributed by atoms with E-state index >= 15 is 0 Å². The number of amides is 1. The highest BCUT2D eigenvalue weighted by Gasteiger charge is 2.22. The topological polar surface area (TPSA) is 32.3 Å². The molecule has 1 N–H and O–H groups in total. The first-order valence-electron chi connectivity index (χ1n) is 6.49. The van der Waals surface area contributed by atoms with Gasteiger partial charge >= 0.3 is 0 Å². The van der Waals surface area contributed by atoms with Crippen molar-refractivity contribution in [2.75, 3.05) is 25.4 Å². The summed E-state index contributed by atoms with van der Waals surface area (Å²) in [5, 5.41) is 4.04. The standard InChI is InChI=1S/C14H19ClN2OS.ClH/c1-11-8-16-6-7-17(11)14(18)10-19-9-12-2-4-13(15)5-3-12;/h2-5,11,16H,6-10H2,1H3;1H. The maximum atomic E-state index is 12.1. The maximum Gasteiger partial charge on any atom is 0.232 e. The largest absolute Gasteiger partial charge is 0.337 e. The number of thioether (sulfide) groups is 1. The molecule has 0 saturated carbocycles. The summed E-state index contributed by atoms with van der Waals surface area (Å²) < 4.78 is 0. The lowest BCUT2D eigenvalue weighted by Gasteiger charge is -2.34. The Morgan fingerprint density at radius 3 is 2.80 bits per heavy atom. The number of carbonyl (C=O) groups excluding carboxylic acids is 1. The van der Waals surface area contributed by atoms with E-state index in [9.17, 15) is 4.79 Å². The van der Waals surface area contributed by atoms with Crippen molar-refractivity contribution in [2.45, 2.75) is 18.7 Å². The van der Waals surface area contributed by atoms with Crippen LogP contribution < -0.4 is 5.32 Å². The van der Waals surface area contributed by atoms with Gasteiger partial charge in [0.25, 0.3) is 0 Å². The van der Waals surface area contributed by atoms with Crippen molar-refractivity contribution in [1.82, 2.24) is 10.2 Å². The van der Waals surface area contributed by atoms with Crippen molar-refractivity contribution >= 4 is 41.7 Å². The van der Waals surface area contributed by atoms with Crippen molar-refractivity contribution in [1.29, 1.82) is 0 Å². The third-order valence-electron chi connectivity index (χ3n) is 3.23. The van der Waals surface area contributed by atoms with Crippen LogP contribution in [-0.4, -0.2) is 42.2 Å². The van der Waals surface area contributed by atoms with Crippen LogP contribution in [0.2, 0.25) is 5.02 Å². The van der Waals surface area contributed by atoms with Crippen LogP contribution in [0.25, 0.3) is 0 Å². The molecule has 1 aromatic carbocycles. The van der Waals surface area contributed by atoms with Gasteiger partial charge in [-0.05, 0) is 24.6 Å². The second-order valence-corrected chi connectivity index (χ2v) is 6.18. The van der Waals surface area contributed by atoms with Crippen LogP contribution in [0.15, 0.2) is 24.3 Å². The van der Waals surface area contributed by atoms with Gasteiger partial charge in [-0.15, -0.1) is 24.2 Å². The highest BCUT2D eigenvalue weighted by Crippen LogP contribution is 2.16. The van der Waals surface area contributed by atoms with E-state index in [0.29, 0.717) is 11.8 Å². The minimum absolute atomic E-state index is 0. The average Bonchev–Trinajstić information content (AvgIpc) is 2.41. The van der Waals surface area contributed by atoms with Crippen LogP contribution in [0.3, 0.4) is 0 Å². The number of hydrogen-bond acceptors (Lipinski definition) is 3. The second-order valence-electron chi connectivity index (χ2n) is 4.76. The van der Waals surface area contributed by atoms with E-state index in [2.05, 4.69) is 12.2 Å². The molecule has 2 rings (SSSR count). The van der Waals surface area contributed by atoms with Crippen molar-refractivity contribution in [3.05, 3.63) is 34.9 Å². The molecule has 1 atom stereocenters. The van der Waals surface area contributed by atoms with Crippen molar-refractivity contribution < 1.29 is 4.79 Å². The van der Waals surface area contributed by atoms with Gasteiger partial charge in [-0.3, -0.25) is 4.79 Å². The fraction of sp³-hybridized carbons (Fsp3) is 0.500. The first-order chi connectivity index (χ1) is 9.16. The molecule has 1 aromatic rings. The number of rotatable bonds is 4. The second kappa shape index (κ2) is 8.78. The number of halogens is 2. The minimum atomic E-state index is 0. The molecule has 0 aromatic heterocycles. The summed E-state index contributed by atoms with van der Waals surface area (Å²) >= 11 is 7.50. The molecule has 1 aliphatic rings. The van der Waals surface area contributed by atoms with Gasteiger partial charge in [0.1, 0.15) is 0 Å². The Bertz CT molecular complexity index is 428. The summed E-state index contributed by atoms with van der Waals surface area (Å²) in [6.07, 6.45) is 0. The number of nitrogens with one attached hydrogen (secondary N) is 1. The average molecular weight is 335 g/mol. The Hall–Kier alpha value is -0.420. The normalized spacial score (nSPS) is 18.5. The van der Waals surface area contributed by atoms with Gasteiger partial charge in [0.15, 0.2) is 0 Å². The first-order valence-corrected chi connectivity index (χ1v) is 8.02. The molecule has 0 aliphatic carbocycles. The molecular formula is C14H20Cl2N2OS. The van der Waals surface area contributed by atoms with Crippen LogP contribution in [0.1, 0.15) is 12.5 Å². The minimum Gasteiger partial charge on any atom is -0.337 e. The molecule has 0 spiro atoms. The lowest BCUT2D eigenvalue weighted by molar-refractivity contribution is -0.131. The molecule has 1 unspecified atom stereocenters. The molecule has 1 aliphatic heterocycles. The zero-order valence-electron chi connectivity index (χ0n) is 11.5. The summed E-state index contributed by atoms with van der Waals surface area (Å²) in [5.74, 6) is 1.64. The van der Waals surface area contributed by atoms with Crippen molar-refractivity contribution in [3.63, 3.8) is 0 Å². The van der Waals surface area contributed by atoms with E-state index in [1.54, 1.807) is 11.8 Å². The van der Waals surface area contributed by atoms with Crippen molar-refractivity contribution in [2.24, 2.45) is 0 Å². The van der Waals surface area contributed by atoms with Crippen LogP contribution in [-0.2, 0) is 10.5 Å². The first kappa shape index (κ1) is 17.6. The zero-order valence-corrected chi connectivity index (χ0v) is 13.9. The molecule has 1 amide bonds. The smallest absolute Gasteiger partial charge is 0.232 e. The van der Waals surface area contributed by atoms with Crippen LogP contribution in [0.4, 0.5) is 0 Å². The Morgan fingerprint density at radius 2 is 2.15 bits per heavy atom. The fourth-order valence-corrected chi connectivity index (χ4v) is 3.13. The molecule has 3 nitrogen and oxygen atoms in total. The molecule has 6 heteroatoms. The quantitative estimate of drug-likeness (QED) is 0.918. The molecule has 1 heterocycles. The molecule has 20 heavy (non-hydrogen) atoms. The third-order valence-corrected chi connectivity index (χ3v) is 4.47. The zero-order chi connectivity index (χ0) is 13.7. The van der Waals surface area contributed by atoms with Gasteiger partial charge in [-0.1, -0.05) is 23.7 Å². The van der Waals surface area contributed by atoms with Crippen LogP contribution >= 0.6 is 35.8 Å². The van der Waals surface area contributed by atoms with Gasteiger partial charge in [0, 0.05) is 36.5 Å². The summed E-state index contributed by atoms with van der Waals surface area (Å²) in [4.78, 5) is 14.1. The van der Waals surface area contributed by atoms with Crippen molar-refractivity contribution in [3.8, 4) is 0 Å². The van der Waals surface area contributed by atoms with E-state index in [1.807, 2.05) is 29.2 Å². The number of nitrogens with zero attached hydrogens (tertiary/aromatic N) is 1. The molecule has 1 fully saturated rings. The van der Waals surface area contributed by atoms with Crippen LogP contribution in [0.5, 0.6) is 0 Å². The van der Waals surface area contributed by atoms with Gasteiger partial charge < -0.3 is 10.2 Å². The van der Waals surface area contributed by atoms with E-state index in [-0.39, 0.29) is 18.3 Å². The summed E-state index contributed by atoms with van der Waals surface area (Å²) in [6.45, 7) is 4.71. The van der Waals surface area contributed by atoms with Crippen LogP contribution in [0, 0.1) is 0 Å². The molecule has 0 bridgehead atoms. The molecule has 0 radical (unpaired) electrons. The highest BCUT2D eigenvalue weighted by molar-refractivity contribution is 7.99. The molecule has 112 valence electrons. The number of hydrogen-bond donors (Lipinski definition) is 1. The van der Waals surface area contributed by atoms with Gasteiger partial charge in [-0.2, -0.15) is 0 Å². The fourth-order valence-electron chi connectivity index (χ4n) is 2.13. The number of benzene rings is 1. The SMILES string of the molecule is CC1CNCCN1C(=O)CSCc1ccc(Cl)cc1.Cl. The predicted octanol–water partition coefficient (Wildman–Crippen LogP) is 2.82. The highest BCUT2D eigenvalue weighted by atomic mass is 35.5. The number of piperazine rings is 1. The Kier molecular flexibility index (Phi) is 7.74. The monoisotopic (exact) mass is 334 g/mol. The Morgan fingerprint density at radius 1 is 1.45 bits per heavy atom. The van der Waals surface area contributed by atoms with E-state index in [0.717, 1.165) is 30.4 Å². The maximum absolute atomic E-state index is 12.1. The summed E-state index contributed by atoms with van der Waals surface area (Å²) in [5.41, 5.74) is 1.20. The lowest BCUT2D eigenvalue weighted by atomic mass is 10.2. The number of carbonyl (C=O) groups is 1. The van der Waals surface area contributed by atoms with Gasteiger partial charge in [-0.25, -0.2) is 0 Å². The third kappa shape index (κ3) is 5.17. The molecule has 1 saturated heterocycles. The summed E-state index contributed by atoms with van der Waals surface area (Å²) in [6, 6.07) is 8.09. The lowest BCUT2D eigenvalue weighted by Crippen LogP contribution is -2.52.